The predicted molar refractivity (Wildman–Crippen MR) is 68.5 cm³/mol. The standard InChI is InChI=1S/C15H8F6O/c16-14(17,18)13(15(19,20)21)8-12(22)11-6-5-9-3-1-2-4-10(9)7-11/h1-8H. The highest BCUT2D eigenvalue weighted by Gasteiger charge is 2.51. The molecule has 2 aromatic carbocycles. The van der Waals surface area contributed by atoms with Gasteiger partial charge in [-0.15, -0.1) is 0 Å². The molecule has 7 heteroatoms. The first kappa shape index (κ1) is 16.1. The van der Waals surface area contributed by atoms with E-state index in [1.165, 1.54) is 18.2 Å². The molecule has 2 aromatic rings. The van der Waals surface area contributed by atoms with E-state index in [4.69, 9.17) is 0 Å². The largest absolute Gasteiger partial charge is 0.421 e. The van der Waals surface area contributed by atoms with Crippen molar-refractivity contribution in [3.05, 3.63) is 59.7 Å². The maximum atomic E-state index is 12.4. The van der Waals surface area contributed by atoms with Crippen molar-refractivity contribution < 1.29 is 31.1 Å². The topological polar surface area (TPSA) is 17.1 Å². The lowest BCUT2D eigenvalue weighted by Gasteiger charge is -2.14. The number of hydrogen-bond acceptors (Lipinski definition) is 1. The molecule has 0 unspecified atom stereocenters. The fourth-order valence-corrected chi connectivity index (χ4v) is 1.88. The first-order valence-corrected chi connectivity index (χ1v) is 5.98. The van der Waals surface area contributed by atoms with Crippen molar-refractivity contribution in [3.8, 4) is 0 Å². The van der Waals surface area contributed by atoms with Crippen LogP contribution in [0.3, 0.4) is 0 Å². The van der Waals surface area contributed by atoms with Gasteiger partial charge in [0.1, 0.15) is 5.57 Å². The van der Waals surface area contributed by atoms with E-state index < -0.39 is 29.8 Å². The summed E-state index contributed by atoms with van der Waals surface area (Å²) < 4.78 is 74.4. The van der Waals surface area contributed by atoms with E-state index in [-0.39, 0.29) is 5.56 Å². The van der Waals surface area contributed by atoms with Crippen LogP contribution in [-0.4, -0.2) is 18.1 Å². The van der Waals surface area contributed by atoms with Crippen molar-refractivity contribution in [2.75, 3.05) is 0 Å². The van der Waals surface area contributed by atoms with E-state index >= 15 is 0 Å². The smallest absolute Gasteiger partial charge is 0.289 e. The Labute approximate surface area is 120 Å². The Morgan fingerprint density at radius 3 is 1.91 bits per heavy atom. The van der Waals surface area contributed by atoms with E-state index in [0.717, 1.165) is 5.39 Å². The zero-order valence-corrected chi connectivity index (χ0v) is 10.8. The highest BCUT2D eigenvalue weighted by molar-refractivity contribution is 6.07. The van der Waals surface area contributed by atoms with Crippen molar-refractivity contribution in [2.24, 2.45) is 0 Å². The second-order valence-electron chi connectivity index (χ2n) is 4.48. The van der Waals surface area contributed by atoms with Crippen LogP contribution in [0.1, 0.15) is 10.4 Å². The van der Waals surface area contributed by atoms with Crippen LogP contribution in [-0.2, 0) is 0 Å². The van der Waals surface area contributed by atoms with Crippen molar-refractivity contribution >= 4 is 16.6 Å². The molecule has 0 aliphatic carbocycles. The second kappa shape index (κ2) is 5.47. The van der Waals surface area contributed by atoms with Gasteiger partial charge in [0.05, 0.1) is 0 Å². The lowest BCUT2D eigenvalue weighted by molar-refractivity contribution is -0.171. The third-order valence-electron chi connectivity index (χ3n) is 2.92. The summed E-state index contributed by atoms with van der Waals surface area (Å²) in [6.45, 7) is 0. The van der Waals surface area contributed by atoms with Crippen LogP contribution in [0.4, 0.5) is 26.3 Å². The minimum Gasteiger partial charge on any atom is -0.289 e. The van der Waals surface area contributed by atoms with Crippen LogP contribution in [0.2, 0.25) is 0 Å². The first-order chi connectivity index (χ1) is 10.1. The fourth-order valence-electron chi connectivity index (χ4n) is 1.88. The van der Waals surface area contributed by atoms with E-state index in [2.05, 4.69) is 0 Å². The molecule has 22 heavy (non-hydrogen) atoms. The molecule has 1 nitrogen and oxygen atoms in total. The lowest BCUT2D eigenvalue weighted by atomic mass is 10.0. The van der Waals surface area contributed by atoms with Gasteiger partial charge in [0.2, 0.25) is 0 Å². The van der Waals surface area contributed by atoms with Gasteiger partial charge in [-0.2, -0.15) is 26.3 Å². The average molecular weight is 318 g/mol. The van der Waals surface area contributed by atoms with Crippen LogP contribution in [0, 0.1) is 0 Å². The Kier molecular flexibility index (Phi) is 4.00. The monoisotopic (exact) mass is 318 g/mol. The van der Waals surface area contributed by atoms with Gasteiger partial charge in [-0.05, 0) is 16.8 Å². The summed E-state index contributed by atoms with van der Waals surface area (Å²) in [4.78, 5) is 11.7. The minimum atomic E-state index is -5.65. The Morgan fingerprint density at radius 2 is 1.36 bits per heavy atom. The highest BCUT2D eigenvalue weighted by Crippen LogP contribution is 2.38. The maximum Gasteiger partial charge on any atom is 0.421 e. The molecular formula is C15H8F6O. The van der Waals surface area contributed by atoms with Gasteiger partial charge in [-0.25, -0.2) is 0 Å². The summed E-state index contributed by atoms with van der Waals surface area (Å²) in [6, 6.07) is 10.6. The van der Waals surface area contributed by atoms with Gasteiger partial charge in [0, 0.05) is 11.6 Å². The Morgan fingerprint density at radius 1 is 0.818 bits per heavy atom. The highest BCUT2D eigenvalue weighted by atomic mass is 19.4. The molecule has 2 rings (SSSR count). The Bertz CT molecular complexity index is 724. The number of hydrogen-bond donors (Lipinski definition) is 0. The zero-order valence-electron chi connectivity index (χ0n) is 10.8. The normalized spacial score (nSPS) is 12.3. The van der Waals surface area contributed by atoms with Crippen LogP contribution in [0.25, 0.3) is 10.8 Å². The molecule has 0 heterocycles. The quantitative estimate of drug-likeness (QED) is 0.429. The van der Waals surface area contributed by atoms with Gasteiger partial charge < -0.3 is 0 Å². The molecule has 0 radical (unpaired) electrons. The molecule has 0 saturated carbocycles. The van der Waals surface area contributed by atoms with Gasteiger partial charge in [-0.3, -0.25) is 4.79 Å². The van der Waals surface area contributed by atoms with E-state index in [9.17, 15) is 31.1 Å². The SMILES string of the molecule is O=C(C=C(C(F)(F)F)C(F)(F)F)c1ccc2ccccc2c1. The van der Waals surface area contributed by atoms with Crippen molar-refractivity contribution in [1.82, 2.24) is 0 Å². The second-order valence-corrected chi connectivity index (χ2v) is 4.48. The van der Waals surface area contributed by atoms with Gasteiger partial charge in [0.25, 0.3) is 0 Å². The predicted octanol–water partition coefficient (Wildman–Crippen LogP) is 5.07. The molecule has 0 saturated heterocycles. The van der Waals surface area contributed by atoms with E-state index in [1.807, 2.05) is 0 Å². The number of rotatable bonds is 2. The maximum absolute atomic E-state index is 12.4. The van der Waals surface area contributed by atoms with Crippen LogP contribution >= 0.6 is 0 Å². The average Bonchev–Trinajstić information content (AvgIpc) is 2.41. The molecule has 0 aliphatic rings. The molecule has 0 bridgehead atoms. The molecule has 0 atom stereocenters. The van der Waals surface area contributed by atoms with Crippen LogP contribution in [0.5, 0.6) is 0 Å². The number of carbonyl (C=O) groups excluding carboxylic acids is 1. The van der Waals surface area contributed by atoms with Crippen LogP contribution < -0.4 is 0 Å². The molecule has 0 fully saturated rings. The molecule has 116 valence electrons. The molecule has 0 aliphatic heterocycles. The summed E-state index contributed by atoms with van der Waals surface area (Å²) in [6.07, 6.45) is -11.7. The lowest BCUT2D eigenvalue weighted by Crippen LogP contribution is -2.27. The summed E-state index contributed by atoms with van der Waals surface area (Å²) in [5.41, 5.74) is -3.07. The van der Waals surface area contributed by atoms with Crippen molar-refractivity contribution in [3.63, 3.8) is 0 Å². The zero-order chi connectivity index (χ0) is 16.5. The van der Waals surface area contributed by atoms with Crippen molar-refractivity contribution in [1.29, 1.82) is 0 Å². The molecule has 0 spiro atoms. The number of fused-ring (bicyclic) bond motifs is 1. The van der Waals surface area contributed by atoms with Crippen molar-refractivity contribution in [2.45, 2.75) is 12.4 Å². The molecule has 0 N–H and O–H groups in total. The molecule has 0 aromatic heterocycles. The Balaban J connectivity index is 2.46. The third kappa shape index (κ3) is 3.47. The van der Waals surface area contributed by atoms with Crippen LogP contribution in [0.15, 0.2) is 54.1 Å². The number of alkyl halides is 6. The summed E-state index contributed by atoms with van der Waals surface area (Å²) in [5, 5.41) is 1.26. The first-order valence-electron chi connectivity index (χ1n) is 5.98. The number of allylic oxidation sites excluding steroid dienone is 2. The van der Waals surface area contributed by atoms with Gasteiger partial charge in [0.15, 0.2) is 5.78 Å². The minimum absolute atomic E-state index is 0.246. The third-order valence-corrected chi connectivity index (χ3v) is 2.92. The number of benzene rings is 2. The Hall–Kier alpha value is -2.31. The summed E-state index contributed by atoms with van der Waals surface area (Å²) in [5.74, 6) is -1.35. The van der Waals surface area contributed by atoms with E-state index in [1.54, 1.807) is 24.3 Å². The van der Waals surface area contributed by atoms with Gasteiger partial charge in [-0.1, -0.05) is 36.4 Å². The van der Waals surface area contributed by atoms with E-state index in [0.29, 0.717) is 5.39 Å². The molecule has 0 amide bonds. The summed E-state index contributed by atoms with van der Waals surface area (Å²) >= 11 is 0. The number of halogens is 6. The fraction of sp³-hybridized carbons (Fsp3) is 0.133. The summed E-state index contributed by atoms with van der Waals surface area (Å²) in [7, 11) is 0. The molecular weight excluding hydrogens is 310 g/mol. The van der Waals surface area contributed by atoms with Gasteiger partial charge >= 0.3 is 12.4 Å². The number of carbonyl (C=O) groups is 1. The number of ketones is 1.